The Morgan fingerprint density at radius 1 is 0.583 bits per heavy atom. The molecule has 2 nitrogen and oxygen atoms in total. The minimum Gasteiger partial charge on any atom is -0.317 e. The first kappa shape index (κ1) is 23.0. The topological polar surface area (TPSA) is 8.72 Å². The minimum absolute atomic E-state index is 0.281. The quantitative estimate of drug-likeness (QED) is 0.178. The van der Waals surface area contributed by atoms with E-state index in [9.17, 15) is 0 Å². The molecule has 0 aliphatic carbocycles. The Bertz CT molecular complexity index is 324. The van der Waals surface area contributed by atoms with Crippen molar-refractivity contribution in [3.05, 3.63) is 22.8 Å². The first-order valence-corrected chi connectivity index (χ1v) is 10.5. The van der Waals surface area contributed by atoms with Crippen LogP contribution in [-0.4, -0.2) is 12.6 Å². The SMILES string of the molecule is [C-]#[N+]CCCCCCCCCC(CCCCCCCCCC)[N+]#[C-]. The molecule has 0 aromatic rings. The van der Waals surface area contributed by atoms with Gasteiger partial charge in [0.1, 0.15) is 0 Å². The molecule has 0 aliphatic heterocycles. The summed E-state index contributed by atoms with van der Waals surface area (Å²) >= 11 is 0. The molecule has 0 aliphatic rings. The Hall–Kier alpha value is -1.02. The van der Waals surface area contributed by atoms with Crippen molar-refractivity contribution in [2.75, 3.05) is 6.54 Å². The van der Waals surface area contributed by atoms with Crippen LogP contribution < -0.4 is 0 Å². The summed E-state index contributed by atoms with van der Waals surface area (Å²) in [6, 6.07) is 0.281. The van der Waals surface area contributed by atoms with Crippen LogP contribution in [0.2, 0.25) is 0 Å². The van der Waals surface area contributed by atoms with Gasteiger partial charge in [-0.1, -0.05) is 77.6 Å². The van der Waals surface area contributed by atoms with Crippen LogP contribution in [0.25, 0.3) is 9.69 Å². The maximum absolute atomic E-state index is 7.36. The van der Waals surface area contributed by atoms with E-state index in [1.54, 1.807) is 0 Å². The molecule has 1 unspecified atom stereocenters. The lowest BCUT2D eigenvalue weighted by Gasteiger charge is -2.06. The molecule has 1 atom stereocenters. The molecule has 0 saturated carbocycles. The van der Waals surface area contributed by atoms with Gasteiger partial charge in [0, 0.05) is 19.3 Å². The van der Waals surface area contributed by atoms with Crippen molar-refractivity contribution in [1.29, 1.82) is 0 Å². The lowest BCUT2D eigenvalue weighted by molar-refractivity contribution is 0.511. The van der Waals surface area contributed by atoms with Gasteiger partial charge >= 0.3 is 0 Å². The van der Waals surface area contributed by atoms with Gasteiger partial charge in [-0.05, 0) is 19.3 Å². The molecule has 0 rings (SSSR count). The maximum Gasteiger partial charge on any atom is 0.223 e. The monoisotopic (exact) mass is 332 g/mol. The zero-order valence-electron chi connectivity index (χ0n) is 16.2. The first-order chi connectivity index (χ1) is 11.8. The Kier molecular flexibility index (Phi) is 19.2. The fraction of sp³-hybridized carbons (Fsp3) is 0.909. The zero-order valence-corrected chi connectivity index (χ0v) is 16.2. The van der Waals surface area contributed by atoms with Gasteiger partial charge in [-0.2, -0.15) is 0 Å². The van der Waals surface area contributed by atoms with Gasteiger partial charge in [-0.3, -0.25) is 0 Å². The predicted molar refractivity (Wildman–Crippen MR) is 106 cm³/mol. The van der Waals surface area contributed by atoms with E-state index >= 15 is 0 Å². The second-order valence-electron chi connectivity index (χ2n) is 7.19. The van der Waals surface area contributed by atoms with E-state index in [0.29, 0.717) is 6.54 Å². The second kappa shape index (κ2) is 20.0. The van der Waals surface area contributed by atoms with Gasteiger partial charge in [0.05, 0.1) is 0 Å². The maximum atomic E-state index is 7.36. The Morgan fingerprint density at radius 2 is 1.00 bits per heavy atom. The minimum atomic E-state index is 0.281. The standard InChI is InChI=1S/C22H40N2/c1-4-5-6-7-8-10-13-16-19-22(24-3)20-17-14-11-9-12-15-18-21-23-2/h22H,4-21H2,1H3. The van der Waals surface area contributed by atoms with Crippen molar-refractivity contribution in [3.63, 3.8) is 0 Å². The fourth-order valence-electron chi connectivity index (χ4n) is 3.24. The summed E-state index contributed by atoms with van der Waals surface area (Å²) in [4.78, 5) is 7.22. The molecule has 0 bridgehead atoms. The molecule has 24 heavy (non-hydrogen) atoms. The van der Waals surface area contributed by atoms with Crippen molar-refractivity contribution >= 4 is 0 Å². The number of unbranched alkanes of at least 4 members (excludes halogenated alkanes) is 13. The highest BCUT2D eigenvalue weighted by atomic mass is 14.7. The third-order valence-corrected chi connectivity index (χ3v) is 4.88. The number of hydrogen-bond donors (Lipinski definition) is 0. The van der Waals surface area contributed by atoms with E-state index in [2.05, 4.69) is 16.6 Å². The normalized spacial score (nSPS) is 11.8. The summed E-state index contributed by atoms with van der Waals surface area (Å²) in [6.45, 7) is 17.1. The third kappa shape index (κ3) is 17.3. The molecule has 0 aromatic heterocycles. The van der Waals surface area contributed by atoms with Gasteiger partial charge in [-0.15, -0.1) is 0 Å². The molecular weight excluding hydrogens is 292 g/mol. The van der Waals surface area contributed by atoms with Crippen LogP contribution in [0.3, 0.4) is 0 Å². The molecule has 138 valence electrons. The van der Waals surface area contributed by atoms with Gasteiger partial charge in [0.15, 0.2) is 0 Å². The molecule has 0 saturated heterocycles. The van der Waals surface area contributed by atoms with Crippen molar-refractivity contribution in [2.45, 2.75) is 122 Å². The zero-order chi connectivity index (χ0) is 17.7. The summed E-state index contributed by atoms with van der Waals surface area (Å²) in [7, 11) is 0. The van der Waals surface area contributed by atoms with Crippen LogP contribution in [0.15, 0.2) is 0 Å². The summed E-state index contributed by atoms with van der Waals surface area (Å²) < 4.78 is 0. The van der Waals surface area contributed by atoms with Crippen LogP contribution in [0.1, 0.15) is 116 Å². The van der Waals surface area contributed by atoms with E-state index in [1.807, 2.05) is 0 Å². The molecule has 0 amide bonds. The first-order valence-electron chi connectivity index (χ1n) is 10.5. The Labute approximate surface area is 152 Å². The molecule has 0 aromatic carbocycles. The van der Waals surface area contributed by atoms with Crippen LogP contribution in [0.4, 0.5) is 0 Å². The fourth-order valence-corrected chi connectivity index (χ4v) is 3.24. The van der Waals surface area contributed by atoms with Crippen LogP contribution in [0, 0.1) is 13.1 Å². The number of nitrogens with zero attached hydrogens (tertiary/aromatic N) is 2. The summed E-state index contributed by atoms with van der Waals surface area (Å²) in [5.41, 5.74) is 0. The molecule has 0 heterocycles. The highest BCUT2D eigenvalue weighted by Gasteiger charge is 2.11. The molecule has 0 spiro atoms. The third-order valence-electron chi connectivity index (χ3n) is 4.88. The van der Waals surface area contributed by atoms with E-state index in [4.69, 9.17) is 13.1 Å². The Balaban J connectivity index is 3.32. The summed E-state index contributed by atoms with van der Waals surface area (Å²) in [5, 5.41) is 0. The van der Waals surface area contributed by atoms with E-state index in [0.717, 1.165) is 19.3 Å². The van der Waals surface area contributed by atoms with Gasteiger partial charge in [0.2, 0.25) is 12.6 Å². The number of rotatable bonds is 18. The van der Waals surface area contributed by atoms with Crippen molar-refractivity contribution in [1.82, 2.24) is 0 Å². The molecule has 0 N–H and O–H groups in total. The van der Waals surface area contributed by atoms with E-state index < -0.39 is 0 Å². The van der Waals surface area contributed by atoms with Gasteiger partial charge in [-0.25, -0.2) is 13.1 Å². The Morgan fingerprint density at radius 3 is 1.42 bits per heavy atom. The number of hydrogen-bond acceptors (Lipinski definition) is 0. The smallest absolute Gasteiger partial charge is 0.223 e. The van der Waals surface area contributed by atoms with E-state index in [1.165, 1.54) is 89.9 Å². The summed E-state index contributed by atoms with van der Waals surface area (Å²) in [6.07, 6.45) is 21.8. The molecule has 0 fully saturated rings. The predicted octanol–water partition coefficient (Wildman–Crippen LogP) is 7.85. The van der Waals surface area contributed by atoms with Crippen molar-refractivity contribution in [3.8, 4) is 0 Å². The van der Waals surface area contributed by atoms with Crippen molar-refractivity contribution in [2.24, 2.45) is 0 Å². The summed E-state index contributed by atoms with van der Waals surface area (Å²) in [5.74, 6) is 0. The average Bonchev–Trinajstić information content (AvgIpc) is 2.60. The van der Waals surface area contributed by atoms with E-state index in [-0.39, 0.29) is 6.04 Å². The average molecular weight is 333 g/mol. The largest absolute Gasteiger partial charge is 0.317 e. The highest BCUT2D eigenvalue weighted by molar-refractivity contribution is 4.78. The van der Waals surface area contributed by atoms with Crippen LogP contribution in [-0.2, 0) is 0 Å². The van der Waals surface area contributed by atoms with Crippen LogP contribution in [0.5, 0.6) is 0 Å². The highest BCUT2D eigenvalue weighted by Crippen LogP contribution is 2.17. The van der Waals surface area contributed by atoms with Gasteiger partial charge < -0.3 is 9.69 Å². The van der Waals surface area contributed by atoms with Crippen molar-refractivity contribution < 1.29 is 0 Å². The molecular formula is C22H40N2. The lowest BCUT2D eigenvalue weighted by atomic mass is 10.0. The van der Waals surface area contributed by atoms with Crippen LogP contribution >= 0.6 is 0 Å². The second-order valence-corrected chi connectivity index (χ2v) is 7.19. The molecule has 2 heteroatoms. The van der Waals surface area contributed by atoms with Gasteiger partial charge in [0.25, 0.3) is 0 Å². The lowest BCUT2D eigenvalue weighted by Crippen LogP contribution is -2.01. The molecule has 0 radical (unpaired) electrons.